The predicted octanol–water partition coefficient (Wildman–Crippen LogP) is 3.53. The number of nitro benzene ring substituents is 1. The van der Waals surface area contributed by atoms with Crippen LogP contribution in [0.3, 0.4) is 0 Å². The zero-order valence-corrected chi connectivity index (χ0v) is 13.8. The molecule has 6 heteroatoms. The topological polar surface area (TPSA) is 63.3 Å². The molecule has 3 aromatic rings. The molecule has 1 heterocycles. The van der Waals surface area contributed by atoms with Gasteiger partial charge in [0.1, 0.15) is 5.69 Å². The summed E-state index contributed by atoms with van der Waals surface area (Å²) in [5.41, 5.74) is 5.92. The lowest BCUT2D eigenvalue weighted by Crippen LogP contribution is -2.15. The maximum Gasteiger partial charge on any atom is 0.294 e. The number of rotatable bonds is 6. The van der Waals surface area contributed by atoms with Crippen molar-refractivity contribution in [2.75, 3.05) is 26.1 Å². The average Bonchev–Trinajstić information content (AvgIpc) is 2.91. The normalized spacial score (nSPS) is 11.1. The summed E-state index contributed by atoms with van der Waals surface area (Å²) in [7, 11) is 4.09. The molecule has 1 aromatic heterocycles. The molecular formula is C18H20N4O2. The molecule has 0 bridgehead atoms. The van der Waals surface area contributed by atoms with Gasteiger partial charge in [-0.2, -0.15) is 0 Å². The number of benzene rings is 2. The molecule has 124 valence electrons. The molecule has 0 spiro atoms. The molecule has 0 unspecified atom stereocenters. The molecule has 0 fully saturated rings. The zero-order valence-electron chi connectivity index (χ0n) is 13.8. The van der Waals surface area contributed by atoms with Crippen molar-refractivity contribution >= 4 is 22.3 Å². The first-order chi connectivity index (χ1) is 11.6. The van der Waals surface area contributed by atoms with E-state index in [1.807, 2.05) is 43.2 Å². The Morgan fingerprint density at radius 3 is 2.58 bits per heavy atom. The Hall–Kier alpha value is -2.86. The number of hydrogen-bond acceptors (Lipinski definition) is 4. The number of nitrogens with zero attached hydrogens (tertiary/aromatic N) is 3. The van der Waals surface area contributed by atoms with Gasteiger partial charge in [-0.05, 0) is 38.2 Å². The van der Waals surface area contributed by atoms with Crippen LogP contribution in [0, 0.1) is 10.1 Å². The molecule has 1 N–H and O–H groups in total. The highest BCUT2D eigenvalue weighted by molar-refractivity contribution is 5.85. The number of hydrogen-bond donors (Lipinski definition) is 1. The van der Waals surface area contributed by atoms with E-state index in [0.717, 1.165) is 23.9 Å². The third-order valence-electron chi connectivity index (χ3n) is 3.96. The van der Waals surface area contributed by atoms with Crippen molar-refractivity contribution in [2.24, 2.45) is 0 Å². The molecule has 0 radical (unpaired) electrons. The maximum atomic E-state index is 11.2. The Kier molecular flexibility index (Phi) is 4.48. The highest BCUT2D eigenvalue weighted by Gasteiger charge is 2.14. The number of para-hydroxylation sites is 3. The minimum Gasteiger partial charge on any atom is -0.309 e. The molecule has 0 amide bonds. The number of nitrogens with one attached hydrogen (secondary N) is 1. The van der Waals surface area contributed by atoms with E-state index < -0.39 is 0 Å². The summed E-state index contributed by atoms with van der Waals surface area (Å²) < 4.78 is 1.86. The second-order valence-corrected chi connectivity index (χ2v) is 5.98. The van der Waals surface area contributed by atoms with Gasteiger partial charge in [-0.1, -0.05) is 30.3 Å². The third kappa shape index (κ3) is 3.23. The Labute approximate surface area is 140 Å². The van der Waals surface area contributed by atoms with Crippen molar-refractivity contribution in [3.8, 4) is 0 Å². The van der Waals surface area contributed by atoms with Crippen LogP contribution in [-0.2, 0) is 6.42 Å². The summed E-state index contributed by atoms with van der Waals surface area (Å²) in [5.74, 6) is 0. The van der Waals surface area contributed by atoms with Crippen molar-refractivity contribution in [3.63, 3.8) is 0 Å². The highest BCUT2D eigenvalue weighted by Crippen LogP contribution is 2.26. The highest BCUT2D eigenvalue weighted by atomic mass is 16.6. The molecule has 2 aromatic carbocycles. The van der Waals surface area contributed by atoms with Crippen molar-refractivity contribution in [1.29, 1.82) is 0 Å². The van der Waals surface area contributed by atoms with Gasteiger partial charge < -0.3 is 4.90 Å². The standard InChI is InChI=1S/C18H20N4O2/c1-20(2)12-11-14-13-21(17-9-5-3-7-15(14)17)19-16-8-4-6-10-18(16)22(23)24/h3-10,13,19H,11-12H2,1-2H3. The minimum absolute atomic E-state index is 0.0603. The Bertz CT molecular complexity index is 870. The van der Waals surface area contributed by atoms with Gasteiger partial charge in [-0.25, -0.2) is 0 Å². The van der Waals surface area contributed by atoms with E-state index in [0.29, 0.717) is 5.69 Å². The van der Waals surface area contributed by atoms with Gasteiger partial charge in [0.25, 0.3) is 5.69 Å². The molecule has 0 aliphatic heterocycles. The summed E-state index contributed by atoms with van der Waals surface area (Å²) in [5, 5.41) is 12.4. The van der Waals surface area contributed by atoms with Crippen LogP contribution in [0.1, 0.15) is 5.56 Å². The number of nitro groups is 1. The first-order valence-electron chi connectivity index (χ1n) is 7.80. The van der Waals surface area contributed by atoms with E-state index in [9.17, 15) is 10.1 Å². The fourth-order valence-electron chi connectivity index (χ4n) is 2.74. The van der Waals surface area contributed by atoms with E-state index in [-0.39, 0.29) is 10.6 Å². The number of fused-ring (bicyclic) bond motifs is 1. The van der Waals surface area contributed by atoms with Crippen molar-refractivity contribution < 1.29 is 4.92 Å². The molecule has 0 atom stereocenters. The summed E-state index contributed by atoms with van der Waals surface area (Å²) in [6.07, 6.45) is 2.93. The van der Waals surface area contributed by atoms with Gasteiger partial charge in [0.2, 0.25) is 0 Å². The number of likely N-dealkylation sites (N-methyl/N-ethyl adjacent to an activating group) is 1. The lowest BCUT2D eigenvalue weighted by Gasteiger charge is -2.09. The van der Waals surface area contributed by atoms with E-state index >= 15 is 0 Å². The predicted molar refractivity (Wildman–Crippen MR) is 96.3 cm³/mol. The summed E-state index contributed by atoms with van der Waals surface area (Å²) in [6, 6.07) is 14.7. The molecule has 3 rings (SSSR count). The molecule has 0 aliphatic rings. The van der Waals surface area contributed by atoms with Gasteiger partial charge in [-0.3, -0.25) is 20.2 Å². The van der Waals surface area contributed by atoms with Crippen LogP contribution in [0.5, 0.6) is 0 Å². The molecular weight excluding hydrogens is 304 g/mol. The number of anilines is 1. The van der Waals surface area contributed by atoms with Gasteiger partial charge in [0.05, 0.1) is 10.4 Å². The Balaban J connectivity index is 2.00. The van der Waals surface area contributed by atoms with E-state index in [1.165, 1.54) is 11.6 Å². The van der Waals surface area contributed by atoms with Crippen molar-refractivity contribution in [2.45, 2.75) is 6.42 Å². The van der Waals surface area contributed by atoms with Crippen molar-refractivity contribution in [1.82, 2.24) is 9.58 Å². The van der Waals surface area contributed by atoms with Crippen molar-refractivity contribution in [3.05, 3.63) is 70.4 Å². The summed E-state index contributed by atoms with van der Waals surface area (Å²) in [4.78, 5) is 13.0. The fourth-order valence-corrected chi connectivity index (χ4v) is 2.74. The largest absolute Gasteiger partial charge is 0.309 e. The zero-order chi connectivity index (χ0) is 17.1. The number of aromatic nitrogens is 1. The second kappa shape index (κ2) is 6.72. The van der Waals surface area contributed by atoms with E-state index in [2.05, 4.69) is 16.4 Å². The average molecular weight is 324 g/mol. The van der Waals surface area contributed by atoms with Crippen LogP contribution in [0.4, 0.5) is 11.4 Å². The second-order valence-electron chi connectivity index (χ2n) is 5.98. The lowest BCUT2D eigenvalue weighted by atomic mass is 10.1. The van der Waals surface area contributed by atoms with Crippen LogP contribution >= 0.6 is 0 Å². The lowest BCUT2D eigenvalue weighted by molar-refractivity contribution is -0.384. The van der Waals surface area contributed by atoms with Gasteiger partial charge in [-0.15, -0.1) is 0 Å². The van der Waals surface area contributed by atoms with Gasteiger partial charge >= 0.3 is 0 Å². The molecule has 0 saturated heterocycles. The molecule has 0 saturated carbocycles. The quantitative estimate of drug-likeness (QED) is 0.556. The summed E-state index contributed by atoms with van der Waals surface area (Å²) >= 11 is 0. The van der Waals surface area contributed by atoms with Crippen LogP contribution in [-0.4, -0.2) is 35.1 Å². The molecule has 0 aliphatic carbocycles. The van der Waals surface area contributed by atoms with Gasteiger partial charge in [0, 0.05) is 24.2 Å². The fraction of sp³-hybridized carbons (Fsp3) is 0.222. The maximum absolute atomic E-state index is 11.2. The summed E-state index contributed by atoms with van der Waals surface area (Å²) in [6.45, 7) is 0.944. The first kappa shape index (κ1) is 16.0. The smallest absolute Gasteiger partial charge is 0.294 e. The minimum atomic E-state index is -0.374. The van der Waals surface area contributed by atoms with E-state index in [4.69, 9.17) is 0 Å². The molecule has 6 nitrogen and oxygen atoms in total. The monoisotopic (exact) mass is 324 g/mol. The van der Waals surface area contributed by atoms with Gasteiger partial charge in [0.15, 0.2) is 0 Å². The third-order valence-corrected chi connectivity index (χ3v) is 3.96. The Morgan fingerprint density at radius 1 is 1.12 bits per heavy atom. The van der Waals surface area contributed by atoms with Crippen LogP contribution in [0.15, 0.2) is 54.7 Å². The molecule has 24 heavy (non-hydrogen) atoms. The van der Waals surface area contributed by atoms with Crippen LogP contribution in [0.25, 0.3) is 10.9 Å². The SMILES string of the molecule is CN(C)CCc1cn(Nc2ccccc2[N+](=O)[O-])c2ccccc12. The Morgan fingerprint density at radius 2 is 1.83 bits per heavy atom. The first-order valence-corrected chi connectivity index (χ1v) is 7.80. The van der Waals surface area contributed by atoms with Crippen LogP contribution < -0.4 is 5.43 Å². The van der Waals surface area contributed by atoms with Crippen LogP contribution in [0.2, 0.25) is 0 Å². The van der Waals surface area contributed by atoms with E-state index in [1.54, 1.807) is 18.2 Å².